The minimum atomic E-state index is -4.55. The Morgan fingerprint density at radius 1 is 1.29 bits per heavy atom. The van der Waals surface area contributed by atoms with Crippen LogP contribution in [-0.2, 0) is 16.5 Å². The van der Waals surface area contributed by atoms with Gasteiger partial charge in [-0.1, -0.05) is 0 Å². The zero-order chi connectivity index (χ0) is 20.5. The Hall–Kier alpha value is -3.17. The van der Waals surface area contributed by atoms with Crippen LogP contribution in [0.15, 0.2) is 41.5 Å². The quantitative estimate of drug-likeness (QED) is 0.778. The molecular formula is C18H16F4N4O2. The van der Waals surface area contributed by atoms with E-state index in [1.165, 1.54) is 12.1 Å². The summed E-state index contributed by atoms with van der Waals surface area (Å²) in [5, 5.41) is 2.49. The zero-order valence-corrected chi connectivity index (χ0v) is 14.7. The van der Waals surface area contributed by atoms with Crippen molar-refractivity contribution >= 4 is 17.6 Å². The van der Waals surface area contributed by atoms with Crippen molar-refractivity contribution in [1.29, 1.82) is 0 Å². The Morgan fingerprint density at radius 3 is 2.64 bits per heavy atom. The number of ether oxygens (including phenoxy) is 1. The average molecular weight is 396 g/mol. The molecule has 0 saturated carbocycles. The average Bonchev–Trinajstić information content (AvgIpc) is 2.62. The van der Waals surface area contributed by atoms with Gasteiger partial charge >= 0.3 is 6.18 Å². The number of pyridine rings is 1. The SMILES string of the molecule is C[C@@]1(c2cc(NC(=O)c3ccc(C(F)(F)F)cn3)ccc2F)CCOC(N)=N1. The summed E-state index contributed by atoms with van der Waals surface area (Å²) in [5.41, 5.74) is 3.88. The van der Waals surface area contributed by atoms with Crippen molar-refractivity contribution in [2.75, 3.05) is 11.9 Å². The number of halogens is 4. The topological polar surface area (TPSA) is 89.6 Å². The molecule has 3 rings (SSSR count). The van der Waals surface area contributed by atoms with E-state index in [-0.39, 0.29) is 29.6 Å². The molecule has 10 heteroatoms. The number of hydrogen-bond acceptors (Lipinski definition) is 5. The molecule has 1 aromatic heterocycles. The standard InChI is InChI=1S/C18H16F4N4O2/c1-17(6-7-28-16(23)26-17)12-8-11(3-4-13(12)19)25-15(27)14-5-2-10(9-24-14)18(20,21)22/h2-5,8-9H,6-7H2,1H3,(H2,23,26)(H,25,27)/t17-/m0/s1. The summed E-state index contributed by atoms with van der Waals surface area (Å²) in [6.07, 6.45) is -3.59. The number of nitrogens with two attached hydrogens (primary N) is 1. The van der Waals surface area contributed by atoms with E-state index in [1.54, 1.807) is 6.92 Å². The molecule has 148 valence electrons. The maximum absolute atomic E-state index is 14.4. The molecule has 28 heavy (non-hydrogen) atoms. The van der Waals surface area contributed by atoms with Crippen LogP contribution in [0, 0.1) is 5.82 Å². The number of amides is 1. The van der Waals surface area contributed by atoms with Crippen molar-refractivity contribution in [3.8, 4) is 0 Å². The molecule has 1 aromatic carbocycles. The van der Waals surface area contributed by atoms with Gasteiger partial charge in [-0.2, -0.15) is 13.2 Å². The number of aliphatic imine (C=N–C) groups is 1. The summed E-state index contributed by atoms with van der Waals surface area (Å²) >= 11 is 0. The smallest absolute Gasteiger partial charge is 0.417 e. The first-order valence-corrected chi connectivity index (χ1v) is 8.21. The number of alkyl halides is 3. The maximum Gasteiger partial charge on any atom is 0.417 e. The van der Waals surface area contributed by atoms with Gasteiger partial charge in [-0.3, -0.25) is 9.78 Å². The molecule has 2 aromatic rings. The number of benzene rings is 1. The molecule has 0 bridgehead atoms. The van der Waals surface area contributed by atoms with Gasteiger partial charge in [-0.05, 0) is 37.3 Å². The van der Waals surface area contributed by atoms with E-state index < -0.39 is 29.0 Å². The monoisotopic (exact) mass is 396 g/mol. The van der Waals surface area contributed by atoms with Gasteiger partial charge in [0.15, 0.2) is 0 Å². The van der Waals surface area contributed by atoms with Gasteiger partial charge in [0.05, 0.1) is 17.7 Å². The fraction of sp³-hybridized carbons (Fsp3) is 0.278. The number of rotatable bonds is 3. The van der Waals surface area contributed by atoms with E-state index in [0.29, 0.717) is 12.6 Å². The van der Waals surface area contributed by atoms with Crippen LogP contribution in [0.4, 0.5) is 23.2 Å². The van der Waals surface area contributed by atoms with Gasteiger partial charge in [0.25, 0.3) is 11.9 Å². The molecule has 1 aliphatic heterocycles. The van der Waals surface area contributed by atoms with E-state index in [1.807, 2.05) is 0 Å². The minimum Gasteiger partial charge on any atom is -0.465 e. The van der Waals surface area contributed by atoms with Crippen LogP contribution in [-0.4, -0.2) is 23.5 Å². The predicted molar refractivity (Wildman–Crippen MR) is 93.1 cm³/mol. The van der Waals surface area contributed by atoms with Crippen molar-refractivity contribution < 1.29 is 27.1 Å². The second-order valence-corrected chi connectivity index (χ2v) is 6.40. The molecule has 0 aliphatic carbocycles. The van der Waals surface area contributed by atoms with Crippen LogP contribution in [0.25, 0.3) is 0 Å². The summed E-state index contributed by atoms with van der Waals surface area (Å²) in [6.45, 7) is 1.95. The van der Waals surface area contributed by atoms with E-state index in [2.05, 4.69) is 15.3 Å². The molecule has 0 radical (unpaired) electrons. The highest BCUT2D eigenvalue weighted by Gasteiger charge is 2.33. The van der Waals surface area contributed by atoms with Gasteiger partial charge in [0.1, 0.15) is 11.5 Å². The number of aromatic nitrogens is 1. The fourth-order valence-corrected chi connectivity index (χ4v) is 2.79. The van der Waals surface area contributed by atoms with E-state index in [9.17, 15) is 22.4 Å². The third-order valence-corrected chi connectivity index (χ3v) is 4.32. The molecule has 2 heterocycles. The Morgan fingerprint density at radius 2 is 2.04 bits per heavy atom. The molecule has 0 fully saturated rings. The van der Waals surface area contributed by atoms with Gasteiger partial charge in [0, 0.05) is 23.9 Å². The number of nitrogens with zero attached hydrogens (tertiary/aromatic N) is 2. The first-order valence-electron chi connectivity index (χ1n) is 8.21. The summed E-state index contributed by atoms with van der Waals surface area (Å²) in [7, 11) is 0. The van der Waals surface area contributed by atoms with Crippen molar-refractivity contribution in [3.05, 3.63) is 59.2 Å². The first kappa shape index (κ1) is 19.6. The Balaban J connectivity index is 1.83. The largest absolute Gasteiger partial charge is 0.465 e. The van der Waals surface area contributed by atoms with E-state index in [0.717, 1.165) is 18.2 Å². The van der Waals surface area contributed by atoms with Crippen LogP contribution in [0.5, 0.6) is 0 Å². The summed E-state index contributed by atoms with van der Waals surface area (Å²) in [6, 6.07) is 5.57. The molecule has 6 nitrogen and oxygen atoms in total. The number of anilines is 1. The van der Waals surface area contributed by atoms with Crippen molar-refractivity contribution in [2.45, 2.75) is 25.1 Å². The lowest BCUT2D eigenvalue weighted by Crippen LogP contribution is -2.34. The second-order valence-electron chi connectivity index (χ2n) is 6.40. The normalized spacial score (nSPS) is 19.5. The van der Waals surface area contributed by atoms with Crippen molar-refractivity contribution in [1.82, 2.24) is 4.98 Å². The molecule has 0 saturated heterocycles. The van der Waals surface area contributed by atoms with Crippen LogP contribution in [0.2, 0.25) is 0 Å². The minimum absolute atomic E-state index is 0.0588. The zero-order valence-electron chi connectivity index (χ0n) is 14.7. The maximum atomic E-state index is 14.4. The third-order valence-electron chi connectivity index (χ3n) is 4.32. The van der Waals surface area contributed by atoms with Gasteiger partial charge in [0.2, 0.25) is 0 Å². The lowest BCUT2D eigenvalue weighted by Gasteiger charge is -2.30. The van der Waals surface area contributed by atoms with Gasteiger partial charge < -0.3 is 15.8 Å². The summed E-state index contributed by atoms with van der Waals surface area (Å²) in [4.78, 5) is 20.0. The summed E-state index contributed by atoms with van der Waals surface area (Å²) in [5.74, 6) is -1.27. The highest BCUT2D eigenvalue weighted by molar-refractivity contribution is 6.02. The molecule has 1 amide bonds. The first-order chi connectivity index (χ1) is 13.1. The van der Waals surface area contributed by atoms with Crippen molar-refractivity contribution in [3.63, 3.8) is 0 Å². The van der Waals surface area contributed by atoms with Crippen LogP contribution < -0.4 is 11.1 Å². The molecule has 1 aliphatic rings. The number of nitrogens with one attached hydrogen (secondary N) is 1. The molecule has 1 atom stereocenters. The Bertz CT molecular complexity index is 928. The lowest BCUT2D eigenvalue weighted by atomic mass is 9.88. The second kappa shape index (κ2) is 7.10. The molecule has 0 unspecified atom stereocenters. The Kier molecular flexibility index (Phi) is 4.97. The number of hydrogen-bond donors (Lipinski definition) is 2. The lowest BCUT2D eigenvalue weighted by molar-refractivity contribution is -0.137. The third kappa shape index (κ3) is 4.05. The van der Waals surface area contributed by atoms with Crippen LogP contribution in [0.3, 0.4) is 0 Å². The van der Waals surface area contributed by atoms with Crippen LogP contribution >= 0.6 is 0 Å². The molecule has 3 N–H and O–H groups in total. The number of amidine groups is 1. The van der Waals surface area contributed by atoms with Gasteiger partial charge in [-0.25, -0.2) is 9.38 Å². The van der Waals surface area contributed by atoms with E-state index in [4.69, 9.17) is 10.5 Å². The van der Waals surface area contributed by atoms with Gasteiger partial charge in [-0.15, -0.1) is 0 Å². The Labute approximate surface area is 157 Å². The highest BCUT2D eigenvalue weighted by atomic mass is 19.4. The number of carbonyl (C=O) groups excluding carboxylic acids is 1. The predicted octanol–water partition coefficient (Wildman–Crippen LogP) is 3.44. The number of carbonyl (C=O) groups is 1. The van der Waals surface area contributed by atoms with Crippen LogP contribution in [0.1, 0.15) is 35.0 Å². The fourth-order valence-electron chi connectivity index (χ4n) is 2.79. The molecule has 0 spiro atoms. The highest BCUT2D eigenvalue weighted by Crippen LogP contribution is 2.35. The molecular weight excluding hydrogens is 380 g/mol. The summed E-state index contributed by atoms with van der Waals surface area (Å²) < 4.78 is 57.2. The van der Waals surface area contributed by atoms with E-state index >= 15 is 0 Å². The van der Waals surface area contributed by atoms with Crippen molar-refractivity contribution in [2.24, 2.45) is 10.7 Å².